The molecule has 0 spiro atoms. The van der Waals surface area contributed by atoms with Crippen LogP contribution >= 0.6 is 0 Å². The van der Waals surface area contributed by atoms with Crippen LogP contribution in [0.15, 0.2) is 146 Å². The predicted octanol–water partition coefficient (Wildman–Crippen LogP) is 12.1. The molecule has 8 aromatic rings. The molecule has 5 heteroatoms. The Balaban J connectivity index is 1.26. The normalized spacial score (nSPS) is 12.9. The van der Waals surface area contributed by atoms with Crippen molar-refractivity contribution in [3.63, 3.8) is 0 Å². The zero-order chi connectivity index (χ0) is 35.5. The summed E-state index contributed by atoms with van der Waals surface area (Å²) in [4.78, 5) is 4.71. The van der Waals surface area contributed by atoms with E-state index in [1.54, 1.807) is 0 Å². The first-order valence-electron chi connectivity index (χ1n) is 18.4. The maximum atomic E-state index is 5.19. The molecule has 0 radical (unpaired) electrons. The van der Waals surface area contributed by atoms with Crippen molar-refractivity contribution in [2.75, 3.05) is 23.5 Å². The van der Waals surface area contributed by atoms with Crippen LogP contribution < -0.4 is 9.80 Å². The molecule has 9 rings (SSSR count). The molecular formula is C47H43N5. The summed E-state index contributed by atoms with van der Waals surface area (Å²) in [6.07, 6.45) is 2.09. The van der Waals surface area contributed by atoms with Crippen LogP contribution in [0.2, 0.25) is 0 Å². The van der Waals surface area contributed by atoms with Crippen LogP contribution in [0.1, 0.15) is 50.7 Å². The Labute approximate surface area is 306 Å². The maximum absolute atomic E-state index is 5.19. The van der Waals surface area contributed by atoms with E-state index in [4.69, 9.17) is 5.10 Å². The van der Waals surface area contributed by atoms with Crippen LogP contribution in [-0.2, 0) is 0 Å². The van der Waals surface area contributed by atoms with Gasteiger partial charge in [-0.15, -0.1) is 0 Å². The van der Waals surface area contributed by atoms with Crippen LogP contribution in [0.3, 0.4) is 0 Å². The van der Waals surface area contributed by atoms with Gasteiger partial charge in [-0.1, -0.05) is 119 Å². The topological polar surface area (TPSA) is 29.2 Å². The number of para-hydroxylation sites is 3. The molecule has 0 bridgehead atoms. The fraction of sp³-hybridized carbons (Fsp3) is 0.170. The summed E-state index contributed by atoms with van der Waals surface area (Å²) in [7, 11) is 2.16. The zero-order valence-electron chi connectivity index (χ0n) is 30.5. The van der Waals surface area contributed by atoms with Gasteiger partial charge in [0.15, 0.2) is 0 Å². The van der Waals surface area contributed by atoms with Gasteiger partial charge in [0.05, 0.1) is 46.7 Å². The first-order chi connectivity index (χ1) is 25.4. The van der Waals surface area contributed by atoms with Crippen LogP contribution in [0.25, 0.3) is 55.6 Å². The standard InChI is InChI=1S/C47H43N5/c1-31(2)37-20-14-21-38(32(3)4)46(37)41-29-48-52(47(41)33-15-7-6-8-16-33)36-25-26-40-39-19-9-10-22-42(39)51(45(40)28-36)35-18-13-17-34(27-35)50-30-49(5)43-23-11-12-24-44(43)50/h6-29,31-32H,30H2,1-5H3. The summed E-state index contributed by atoms with van der Waals surface area (Å²) in [5, 5.41) is 7.65. The van der Waals surface area contributed by atoms with Gasteiger partial charge in [0.25, 0.3) is 0 Å². The lowest BCUT2D eigenvalue weighted by atomic mass is 9.84. The molecule has 0 amide bonds. The SMILES string of the molecule is CC(C)c1cccc(C(C)C)c1-c1cnn(-c2ccc3c4ccccc4n(-c4cccc(N5CN(C)c6ccccc65)c4)c3c2)c1-c1ccccc1. The van der Waals surface area contributed by atoms with Crippen molar-refractivity contribution < 1.29 is 0 Å². The second-order valence-electron chi connectivity index (χ2n) is 14.6. The fourth-order valence-electron chi connectivity index (χ4n) is 8.23. The molecule has 0 fully saturated rings. The molecular weight excluding hydrogens is 635 g/mol. The van der Waals surface area contributed by atoms with E-state index in [1.807, 2.05) is 0 Å². The van der Waals surface area contributed by atoms with Crippen molar-refractivity contribution in [1.82, 2.24) is 14.3 Å². The second-order valence-corrected chi connectivity index (χ2v) is 14.6. The van der Waals surface area contributed by atoms with Gasteiger partial charge in [0.1, 0.15) is 0 Å². The number of rotatable bonds is 7. The van der Waals surface area contributed by atoms with Gasteiger partial charge < -0.3 is 14.4 Å². The molecule has 3 heterocycles. The van der Waals surface area contributed by atoms with E-state index in [2.05, 4.69) is 200 Å². The van der Waals surface area contributed by atoms with E-state index in [9.17, 15) is 0 Å². The number of nitrogens with zero attached hydrogens (tertiary/aromatic N) is 5. The van der Waals surface area contributed by atoms with E-state index in [-0.39, 0.29) is 0 Å². The van der Waals surface area contributed by atoms with Crippen LogP contribution in [0.5, 0.6) is 0 Å². The minimum atomic E-state index is 0.373. The molecule has 0 saturated carbocycles. The highest BCUT2D eigenvalue weighted by molar-refractivity contribution is 6.10. The number of anilines is 3. The molecule has 2 aromatic heterocycles. The molecule has 1 aliphatic heterocycles. The third-order valence-corrected chi connectivity index (χ3v) is 10.7. The Bertz CT molecular complexity index is 2560. The first kappa shape index (κ1) is 31.9. The molecule has 256 valence electrons. The largest absolute Gasteiger partial charge is 0.355 e. The third-order valence-electron chi connectivity index (χ3n) is 10.7. The van der Waals surface area contributed by atoms with E-state index in [0.29, 0.717) is 11.8 Å². The summed E-state index contributed by atoms with van der Waals surface area (Å²) in [5.41, 5.74) is 15.6. The van der Waals surface area contributed by atoms with E-state index in [0.717, 1.165) is 34.8 Å². The summed E-state index contributed by atoms with van der Waals surface area (Å²) < 4.78 is 4.57. The average Bonchev–Trinajstić information content (AvgIpc) is 3.86. The molecule has 52 heavy (non-hydrogen) atoms. The summed E-state index contributed by atoms with van der Waals surface area (Å²) >= 11 is 0. The first-order valence-corrected chi connectivity index (χ1v) is 18.4. The van der Waals surface area contributed by atoms with Gasteiger partial charge in [-0.2, -0.15) is 5.10 Å². The minimum absolute atomic E-state index is 0.373. The van der Waals surface area contributed by atoms with Gasteiger partial charge in [0.2, 0.25) is 0 Å². The van der Waals surface area contributed by atoms with Gasteiger partial charge in [-0.05, 0) is 77.1 Å². The molecule has 1 aliphatic rings. The Morgan fingerprint density at radius 1 is 0.558 bits per heavy atom. The second kappa shape index (κ2) is 12.6. The monoisotopic (exact) mass is 677 g/mol. The van der Waals surface area contributed by atoms with Crippen LogP contribution in [0, 0.1) is 0 Å². The van der Waals surface area contributed by atoms with Gasteiger partial charge in [-0.25, -0.2) is 4.68 Å². The molecule has 0 unspecified atom stereocenters. The van der Waals surface area contributed by atoms with Crippen LogP contribution in [-0.4, -0.2) is 28.1 Å². The minimum Gasteiger partial charge on any atom is -0.355 e. The molecule has 0 aliphatic carbocycles. The van der Waals surface area contributed by atoms with Crippen molar-refractivity contribution in [2.45, 2.75) is 39.5 Å². The van der Waals surface area contributed by atoms with E-state index < -0.39 is 0 Å². The van der Waals surface area contributed by atoms with Crippen LogP contribution in [0.4, 0.5) is 17.1 Å². The number of fused-ring (bicyclic) bond motifs is 4. The Hall–Kier alpha value is -6.07. The highest BCUT2D eigenvalue weighted by atomic mass is 15.4. The molecule has 5 nitrogen and oxygen atoms in total. The lowest BCUT2D eigenvalue weighted by molar-refractivity contribution is 0.838. The zero-order valence-corrected chi connectivity index (χ0v) is 30.5. The number of benzene rings is 6. The van der Waals surface area contributed by atoms with Crippen molar-refractivity contribution in [3.05, 3.63) is 157 Å². The molecule has 0 atom stereocenters. The Kier molecular flexibility index (Phi) is 7.73. The summed E-state index contributed by atoms with van der Waals surface area (Å²) in [6.45, 7) is 9.97. The number of hydrogen-bond acceptors (Lipinski definition) is 3. The van der Waals surface area contributed by atoms with Gasteiger partial charge in [-0.3, -0.25) is 0 Å². The lowest BCUT2D eigenvalue weighted by Gasteiger charge is -2.21. The van der Waals surface area contributed by atoms with E-state index in [1.165, 1.54) is 55.6 Å². The van der Waals surface area contributed by atoms with Gasteiger partial charge in [0, 0.05) is 40.3 Å². The Morgan fingerprint density at radius 3 is 1.98 bits per heavy atom. The fourth-order valence-corrected chi connectivity index (χ4v) is 8.23. The smallest absolute Gasteiger partial charge is 0.0950 e. The Morgan fingerprint density at radius 2 is 1.21 bits per heavy atom. The quantitative estimate of drug-likeness (QED) is 0.168. The summed E-state index contributed by atoms with van der Waals surface area (Å²) in [6, 6.07) is 50.7. The highest BCUT2D eigenvalue weighted by Gasteiger charge is 2.26. The van der Waals surface area contributed by atoms with E-state index >= 15 is 0 Å². The average molecular weight is 678 g/mol. The third kappa shape index (κ3) is 5.11. The van der Waals surface area contributed by atoms with Crippen molar-refractivity contribution in [1.29, 1.82) is 0 Å². The van der Waals surface area contributed by atoms with Gasteiger partial charge >= 0.3 is 0 Å². The maximum Gasteiger partial charge on any atom is 0.0950 e. The summed E-state index contributed by atoms with van der Waals surface area (Å²) in [5.74, 6) is 0.746. The number of hydrogen-bond donors (Lipinski definition) is 0. The molecule has 6 aromatic carbocycles. The molecule has 0 saturated heterocycles. The van der Waals surface area contributed by atoms with Crippen molar-refractivity contribution in [3.8, 4) is 33.8 Å². The van der Waals surface area contributed by atoms with Crippen molar-refractivity contribution in [2.24, 2.45) is 0 Å². The highest BCUT2D eigenvalue weighted by Crippen LogP contribution is 2.44. The predicted molar refractivity (Wildman–Crippen MR) is 219 cm³/mol. The number of aromatic nitrogens is 3. The van der Waals surface area contributed by atoms with Crippen molar-refractivity contribution >= 4 is 38.9 Å². The lowest BCUT2D eigenvalue weighted by Crippen LogP contribution is -2.24. The molecule has 0 N–H and O–H groups in total.